The van der Waals surface area contributed by atoms with Crippen LogP contribution < -0.4 is 10.2 Å². The Bertz CT molecular complexity index is 1010. The minimum atomic E-state index is -0.107. The summed E-state index contributed by atoms with van der Waals surface area (Å²) in [6, 6.07) is 10.4. The third-order valence-electron chi connectivity index (χ3n) is 5.74. The SMILES string of the molecule is Cc1noc2nc(C3CC3)cc(C(=O)NCc3ccc(N4CCCC4)cc3)c12. The van der Waals surface area contributed by atoms with Gasteiger partial charge in [0.2, 0.25) is 0 Å². The van der Waals surface area contributed by atoms with E-state index >= 15 is 0 Å². The maximum Gasteiger partial charge on any atom is 0.259 e. The molecule has 0 atom stereocenters. The number of benzene rings is 1. The molecule has 1 N–H and O–H groups in total. The van der Waals surface area contributed by atoms with E-state index in [2.05, 4.69) is 44.6 Å². The second-order valence-corrected chi connectivity index (χ2v) is 7.86. The van der Waals surface area contributed by atoms with Gasteiger partial charge in [0, 0.05) is 36.9 Å². The van der Waals surface area contributed by atoms with E-state index in [1.165, 1.54) is 18.5 Å². The maximum atomic E-state index is 12.9. The molecule has 3 aromatic rings. The number of hydrogen-bond donors (Lipinski definition) is 1. The van der Waals surface area contributed by atoms with Crippen LogP contribution in [0.4, 0.5) is 5.69 Å². The lowest BCUT2D eigenvalue weighted by atomic mass is 10.1. The van der Waals surface area contributed by atoms with Crippen LogP contribution in [-0.4, -0.2) is 29.1 Å². The number of carbonyl (C=O) groups is 1. The van der Waals surface area contributed by atoms with Crippen LogP contribution >= 0.6 is 0 Å². The van der Waals surface area contributed by atoms with Crippen molar-refractivity contribution >= 4 is 22.7 Å². The molecular weight excluding hydrogens is 352 g/mol. The number of aromatic nitrogens is 2. The smallest absolute Gasteiger partial charge is 0.259 e. The first-order valence-electron chi connectivity index (χ1n) is 10.1. The van der Waals surface area contributed by atoms with Gasteiger partial charge in [-0.3, -0.25) is 4.79 Å². The number of rotatable bonds is 5. The predicted octanol–water partition coefficient (Wildman–Crippen LogP) is 3.94. The Kier molecular flexibility index (Phi) is 4.26. The number of pyridine rings is 1. The number of aryl methyl sites for hydroxylation is 1. The fourth-order valence-corrected chi connectivity index (χ4v) is 3.96. The predicted molar refractivity (Wildman–Crippen MR) is 108 cm³/mol. The van der Waals surface area contributed by atoms with Crippen LogP contribution in [0.1, 0.15) is 58.9 Å². The summed E-state index contributed by atoms with van der Waals surface area (Å²) >= 11 is 0. The van der Waals surface area contributed by atoms with Crippen molar-refractivity contribution < 1.29 is 9.32 Å². The molecule has 0 unspecified atom stereocenters. The van der Waals surface area contributed by atoms with Gasteiger partial charge < -0.3 is 14.7 Å². The Labute approximate surface area is 163 Å². The number of hydrogen-bond acceptors (Lipinski definition) is 5. The van der Waals surface area contributed by atoms with Crippen LogP contribution in [0.15, 0.2) is 34.9 Å². The Morgan fingerprint density at radius 2 is 1.96 bits per heavy atom. The normalized spacial score (nSPS) is 16.7. The molecule has 3 heterocycles. The number of nitrogens with zero attached hydrogens (tertiary/aromatic N) is 3. The van der Waals surface area contributed by atoms with Gasteiger partial charge in [-0.15, -0.1) is 0 Å². The van der Waals surface area contributed by atoms with Crippen LogP contribution in [0.2, 0.25) is 0 Å². The molecule has 0 spiro atoms. The van der Waals surface area contributed by atoms with Gasteiger partial charge in [-0.1, -0.05) is 17.3 Å². The Hall–Kier alpha value is -2.89. The first-order valence-corrected chi connectivity index (χ1v) is 10.1. The number of anilines is 1. The lowest BCUT2D eigenvalue weighted by molar-refractivity contribution is 0.0952. The van der Waals surface area contributed by atoms with Gasteiger partial charge in [-0.25, -0.2) is 4.98 Å². The summed E-state index contributed by atoms with van der Waals surface area (Å²) in [5.41, 5.74) is 5.05. The first kappa shape index (κ1) is 17.2. The van der Waals surface area contributed by atoms with Crippen molar-refractivity contribution in [1.29, 1.82) is 0 Å². The lowest BCUT2D eigenvalue weighted by Crippen LogP contribution is -2.23. The molecule has 0 bridgehead atoms. The highest BCUT2D eigenvalue weighted by Crippen LogP contribution is 2.40. The van der Waals surface area contributed by atoms with E-state index in [4.69, 9.17) is 4.52 Å². The molecular formula is C22H24N4O2. The van der Waals surface area contributed by atoms with E-state index in [0.717, 1.165) is 37.2 Å². The number of nitrogens with one attached hydrogen (secondary N) is 1. The summed E-state index contributed by atoms with van der Waals surface area (Å²) in [4.78, 5) is 19.9. The average Bonchev–Trinajstić information content (AvgIpc) is 3.30. The molecule has 1 saturated heterocycles. The summed E-state index contributed by atoms with van der Waals surface area (Å²) < 4.78 is 5.34. The zero-order valence-electron chi connectivity index (χ0n) is 16.1. The molecule has 0 radical (unpaired) electrons. The highest BCUT2D eigenvalue weighted by Gasteiger charge is 2.28. The molecule has 1 saturated carbocycles. The van der Waals surface area contributed by atoms with E-state index in [1.807, 2.05) is 13.0 Å². The lowest BCUT2D eigenvalue weighted by Gasteiger charge is -2.17. The zero-order valence-corrected chi connectivity index (χ0v) is 16.1. The molecule has 144 valence electrons. The van der Waals surface area contributed by atoms with E-state index in [0.29, 0.717) is 34.8 Å². The van der Waals surface area contributed by atoms with Gasteiger partial charge in [0.25, 0.3) is 11.6 Å². The summed E-state index contributed by atoms with van der Waals surface area (Å²) in [6.45, 7) is 4.61. The third kappa shape index (κ3) is 3.23. The largest absolute Gasteiger partial charge is 0.372 e. The van der Waals surface area contributed by atoms with Gasteiger partial charge in [-0.05, 0) is 56.4 Å². The molecule has 1 aromatic carbocycles. The van der Waals surface area contributed by atoms with Crippen molar-refractivity contribution in [2.75, 3.05) is 18.0 Å². The van der Waals surface area contributed by atoms with Gasteiger partial charge in [0.05, 0.1) is 16.6 Å². The first-order chi connectivity index (χ1) is 13.7. The molecule has 6 heteroatoms. The summed E-state index contributed by atoms with van der Waals surface area (Å²) in [5.74, 6) is 0.337. The highest BCUT2D eigenvalue weighted by atomic mass is 16.5. The van der Waals surface area contributed by atoms with Crippen molar-refractivity contribution in [1.82, 2.24) is 15.5 Å². The number of carbonyl (C=O) groups excluding carboxylic acids is 1. The average molecular weight is 376 g/mol. The topological polar surface area (TPSA) is 71.3 Å². The van der Waals surface area contributed by atoms with Crippen molar-refractivity contribution in [3.8, 4) is 0 Å². The molecule has 2 aliphatic rings. The fourth-order valence-electron chi connectivity index (χ4n) is 3.96. The van der Waals surface area contributed by atoms with E-state index in [1.54, 1.807) is 0 Å². The Morgan fingerprint density at radius 3 is 2.68 bits per heavy atom. The van der Waals surface area contributed by atoms with Gasteiger partial charge in [0.1, 0.15) is 0 Å². The molecule has 5 rings (SSSR count). The van der Waals surface area contributed by atoms with Crippen LogP contribution in [0.25, 0.3) is 11.1 Å². The van der Waals surface area contributed by atoms with Crippen molar-refractivity contribution in [3.63, 3.8) is 0 Å². The molecule has 1 aliphatic carbocycles. The molecule has 1 aliphatic heterocycles. The summed E-state index contributed by atoms with van der Waals surface area (Å²) in [6.07, 6.45) is 4.78. The van der Waals surface area contributed by atoms with Crippen LogP contribution in [0.3, 0.4) is 0 Å². The van der Waals surface area contributed by atoms with Crippen LogP contribution in [0.5, 0.6) is 0 Å². The summed E-state index contributed by atoms with van der Waals surface area (Å²) in [5, 5.41) is 7.77. The van der Waals surface area contributed by atoms with Gasteiger partial charge in [0.15, 0.2) is 0 Å². The molecule has 2 fully saturated rings. The zero-order chi connectivity index (χ0) is 19.1. The Morgan fingerprint density at radius 1 is 1.21 bits per heavy atom. The minimum Gasteiger partial charge on any atom is -0.372 e. The van der Waals surface area contributed by atoms with E-state index in [9.17, 15) is 4.79 Å². The minimum absolute atomic E-state index is 0.107. The second kappa shape index (κ2) is 6.93. The monoisotopic (exact) mass is 376 g/mol. The maximum absolute atomic E-state index is 12.9. The van der Waals surface area contributed by atoms with Crippen molar-refractivity contribution in [3.05, 3.63) is 52.8 Å². The quantitative estimate of drug-likeness (QED) is 0.730. The van der Waals surface area contributed by atoms with Crippen LogP contribution in [0, 0.1) is 6.92 Å². The standard InChI is InChI=1S/C22H24N4O2/c1-14-20-18(12-19(16-6-7-16)24-22(20)28-25-14)21(27)23-13-15-4-8-17(9-5-15)26-10-2-3-11-26/h4-5,8-9,12,16H,2-3,6-7,10-11,13H2,1H3,(H,23,27). The second-order valence-electron chi connectivity index (χ2n) is 7.86. The molecule has 6 nitrogen and oxygen atoms in total. The number of fused-ring (bicyclic) bond motifs is 1. The van der Waals surface area contributed by atoms with Crippen molar-refractivity contribution in [2.45, 2.75) is 45.1 Å². The fraction of sp³-hybridized carbons (Fsp3) is 0.409. The molecule has 28 heavy (non-hydrogen) atoms. The van der Waals surface area contributed by atoms with Crippen LogP contribution in [-0.2, 0) is 6.54 Å². The summed E-state index contributed by atoms with van der Waals surface area (Å²) in [7, 11) is 0. The number of amides is 1. The van der Waals surface area contributed by atoms with E-state index < -0.39 is 0 Å². The van der Waals surface area contributed by atoms with E-state index in [-0.39, 0.29) is 5.91 Å². The van der Waals surface area contributed by atoms with Gasteiger partial charge in [-0.2, -0.15) is 0 Å². The highest BCUT2D eigenvalue weighted by molar-refractivity contribution is 6.06. The van der Waals surface area contributed by atoms with Gasteiger partial charge >= 0.3 is 0 Å². The molecule has 2 aromatic heterocycles. The Balaban J connectivity index is 1.33. The third-order valence-corrected chi connectivity index (χ3v) is 5.74. The van der Waals surface area contributed by atoms with Crippen molar-refractivity contribution in [2.24, 2.45) is 0 Å². The molecule has 1 amide bonds.